The predicted octanol–water partition coefficient (Wildman–Crippen LogP) is 1.61. The first-order chi connectivity index (χ1) is 8.34. The van der Waals surface area contributed by atoms with Crippen molar-refractivity contribution in [3.05, 3.63) is 29.8 Å². The van der Waals surface area contributed by atoms with Crippen molar-refractivity contribution in [3.8, 4) is 0 Å². The van der Waals surface area contributed by atoms with E-state index in [1.54, 1.807) is 25.1 Å². The van der Waals surface area contributed by atoms with Crippen LogP contribution in [0.1, 0.15) is 19.4 Å². The Bertz CT molecular complexity index is 484. The van der Waals surface area contributed by atoms with Crippen LogP contribution in [0.4, 0.5) is 0 Å². The topological polar surface area (TPSA) is 49.4 Å². The summed E-state index contributed by atoms with van der Waals surface area (Å²) in [5.74, 6) is 0. The van der Waals surface area contributed by atoms with Crippen molar-refractivity contribution >= 4 is 10.0 Å². The summed E-state index contributed by atoms with van der Waals surface area (Å²) in [7, 11) is -1.41. The number of likely N-dealkylation sites (N-methyl/N-ethyl adjacent to an activating group) is 1. The molecule has 102 valence electrons. The molecule has 0 unspecified atom stereocenters. The summed E-state index contributed by atoms with van der Waals surface area (Å²) in [5, 5.41) is 0. The Hall–Kier alpha value is -0.910. The maximum atomic E-state index is 12.1. The fourth-order valence-corrected chi connectivity index (χ4v) is 2.82. The zero-order valence-electron chi connectivity index (χ0n) is 11.5. The molecule has 0 aliphatic carbocycles. The van der Waals surface area contributed by atoms with Crippen molar-refractivity contribution in [1.82, 2.24) is 9.62 Å². The lowest BCUT2D eigenvalue weighted by Crippen LogP contribution is -2.36. The minimum Gasteiger partial charge on any atom is -0.303 e. The SMILES string of the molecule is Cc1ccccc1S(=O)(=O)NCCN(C)C(C)C. The van der Waals surface area contributed by atoms with E-state index >= 15 is 0 Å². The van der Waals surface area contributed by atoms with Gasteiger partial charge in [-0.25, -0.2) is 13.1 Å². The van der Waals surface area contributed by atoms with Gasteiger partial charge in [0.1, 0.15) is 0 Å². The average molecular weight is 270 g/mol. The van der Waals surface area contributed by atoms with Crippen LogP contribution in [0.3, 0.4) is 0 Å². The lowest BCUT2D eigenvalue weighted by atomic mass is 10.2. The fourth-order valence-electron chi connectivity index (χ4n) is 1.55. The molecule has 0 atom stereocenters. The van der Waals surface area contributed by atoms with Gasteiger partial charge in [-0.15, -0.1) is 0 Å². The van der Waals surface area contributed by atoms with Crippen LogP contribution in [0.2, 0.25) is 0 Å². The van der Waals surface area contributed by atoms with Gasteiger partial charge in [0.25, 0.3) is 0 Å². The maximum absolute atomic E-state index is 12.1. The zero-order chi connectivity index (χ0) is 13.8. The second kappa shape index (κ2) is 6.31. The van der Waals surface area contributed by atoms with Gasteiger partial charge in [-0.3, -0.25) is 0 Å². The van der Waals surface area contributed by atoms with Gasteiger partial charge in [0.05, 0.1) is 4.90 Å². The van der Waals surface area contributed by atoms with Crippen molar-refractivity contribution in [2.75, 3.05) is 20.1 Å². The third kappa shape index (κ3) is 4.08. The minimum atomic E-state index is -3.39. The number of benzene rings is 1. The van der Waals surface area contributed by atoms with Crippen molar-refractivity contribution < 1.29 is 8.42 Å². The number of rotatable bonds is 6. The molecule has 0 aliphatic rings. The third-order valence-corrected chi connectivity index (χ3v) is 4.64. The highest BCUT2D eigenvalue weighted by Gasteiger charge is 2.15. The second-order valence-corrected chi connectivity index (χ2v) is 6.47. The number of aryl methyl sites for hydroxylation is 1. The monoisotopic (exact) mass is 270 g/mol. The molecule has 1 aromatic carbocycles. The van der Waals surface area contributed by atoms with Gasteiger partial charge in [0.15, 0.2) is 0 Å². The second-order valence-electron chi connectivity index (χ2n) is 4.74. The summed E-state index contributed by atoms with van der Waals surface area (Å²) in [5.41, 5.74) is 0.766. The van der Waals surface area contributed by atoms with E-state index in [2.05, 4.69) is 23.5 Å². The van der Waals surface area contributed by atoms with Crippen molar-refractivity contribution in [1.29, 1.82) is 0 Å². The van der Waals surface area contributed by atoms with Crippen LogP contribution in [-0.4, -0.2) is 39.5 Å². The number of hydrogen-bond acceptors (Lipinski definition) is 3. The van der Waals surface area contributed by atoms with Crippen molar-refractivity contribution in [2.45, 2.75) is 31.7 Å². The lowest BCUT2D eigenvalue weighted by molar-refractivity contribution is 0.278. The Kier molecular flexibility index (Phi) is 5.31. The van der Waals surface area contributed by atoms with Gasteiger partial charge in [-0.05, 0) is 39.4 Å². The molecule has 0 aliphatic heterocycles. The quantitative estimate of drug-likeness (QED) is 0.854. The molecule has 0 saturated heterocycles. The molecule has 0 spiro atoms. The molecule has 1 rings (SSSR count). The Labute approximate surface area is 110 Å². The number of sulfonamides is 1. The number of hydrogen-bond donors (Lipinski definition) is 1. The number of nitrogens with one attached hydrogen (secondary N) is 1. The largest absolute Gasteiger partial charge is 0.303 e. The minimum absolute atomic E-state index is 0.359. The molecule has 4 nitrogen and oxygen atoms in total. The van der Waals surface area contributed by atoms with Crippen LogP contribution in [0.15, 0.2) is 29.2 Å². The van der Waals surface area contributed by atoms with E-state index in [1.165, 1.54) is 0 Å². The van der Waals surface area contributed by atoms with Gasteiger partial charge in [-0.1, -0.05) is 18.2 Å². The van der Waals surface area contributed by atoms with Crippen molar-refractivity contribution in [2.24, 2.45) is 0 Å². The molecule has 1 N–H and O–H groups in total. The lowest BCUT2D eigenvalue weighted by Gasteiger charge is -2.21. The predicted molar refractivity (Wildman–Crippen MR) is 74.1 cm³/mol. The van der Waals surface area contributed by atoms with Gasteiger partial charge in [0.2, 0.25) is 10.0 Å². The molecular weight excluding hydrogens is 248 g/mol. The molecule has 0 aromatic heterocycles. The Morgan fingerprint density at radius 1 is 1.28 bits per heavy atom. The first-order valence-corrected chi connectivity index (χ1v) is 7.58. The van der Waals surface area contributed by atoms with E-state index in [4.69, 9.17) is 0 Å². The highest BCUT2D eigenvalue weighted by atomic mass is 32.2. The van der Waals surface area contributed by atoms with E-state index < -0.39 is 10.0 Å². The summed E-state index contributed by atoms with van der Waals surface area (Å²) in [6.07, 6.45) is 0. The Balaban J connectivity index is 2.64. The van der Waals surface area contributed by atoms with Gasteiger partial charge < -0.3 is 4.90 Å². The van der Waals surface area contributed by atoms with Crippen LogP contribution >= 0.6 is 0 Å². The maximum Gasteiger partial charge on any atom is 0.240 e. The Morgan fingerprint density at radius 3 is 2.44 bits per heavy atom. The molecule has 5 heteroatoms. The molecular formula is C13H22N2O2S. The Morgan fingerprint density at radius 2 is 1.89 bits per heavy atom. The fraction of sp³-hybridized carbons (Fsp3) is 0.538. The molecule has 18 heavy (non-hydrogen) atoms. The van der Waals surface area contributed by atoms with Crippen LogP contribution < -0.4 is 4.72 Å². The molecule has 0 heterocycles. The smallest absolute Gasteiger partial charge is 0.240 e. The van der Waals surface area contributed by atoms with E-state index in [1.807, 2.05) is 13.1 Å². The molecule has 0 fully saturated rings. The van der Waals surface area contributed by atoms with Crippen LogP contribution in [0.25, 0.3) is 0 Å². The summed E-state index contributed by atoms with van der Waals surface area (Å²) in [4.78, 5) is 2.46. The normalized spacial score (nSPS) is 12.3. The van der Waals surface area contributed by atoms with Gasteiger partial charge in [0, 0.05) is 19.1 Å². The van der Waals surface area contributed by atoms with Crippen molar-refractivity contribution in [3.63, 3.8) is 0 Å². The molecule has 0 saturated carbocycles. The van der Waals surface area contributed by atoms with E-state index in [-0.39, 0.29) is 0 Å². The first-order valence-electron chi connectivity index (χ1n) is 6.10. The highest BCUT2D eigenvalue weighted by molar-refractivity contribution is 7.89. The van der Waals surface area contributed by atoms with E-state index in [9.17, 15) is 8.42 Å². The molecule has 1 aromatic rings. The summed E-state index contributed by atoms with van der Waals surface area (Å²) in [6.45, 7) is 7.08. The zero-order valence-corrected chi connectivity index (χ0v) is 12.3. The van der Waals surface area contributed by atoms with E-state index in [0.29, 0.717) is 24.0 Å². The van der Waals surface area contributed by atoms with E-state index in [0.717, 1.165) is 5.56 Å². The average Bonchev–Trinajstić information content (AvgIpc) is 2.28. The van der Waals surface area contributed by atoms with Crippen LogP contribution in [0, 0.1) is 6.92 Å². The standard InChI is InChI=1S/C13H22N2O2S/c1-11(2)15(4)10-9-14-18(16,17)13-8-6-5-7-12(13)3/h5-8,11,14H,9-10H2,1-4H3. The molecule has 0 amide bonds. The first kappa shape index (κ1) is 15.1. The van der Waals surface area contributed by atoms with Crippen LogP contribution in [0.5, 0.6) is 0 Å². The molecule has 0 bridgehead atoms. The number of nitrogens with zero attached hydrogens (tertiary/aromatic N) is 1. The highest BCUT2D eigenvalue weighted by Crippen LogP contribution is 2.13. The summed E-state index contributed by atoms with van der Waals surface area (Å²) in [6, 6.07) is 7.41. The van der Waals surface area contributed by atoms with Gasteiger partial charge >= 0.3 is 0 Å². The third-order valence-electron chi connectivity index (χ3n) is 3.02. The molecule has 0 radical (unpaired) electrons. The van der Waals surface area contributed by atoms with Gasteiger partial charge in [-0.2, -0.15) is 0 Å². The summed E-state index contributed by atoms with van der Waals surface area (Å²) >= 11 is 0. The summed E-state index contributed by atoms with van der Waals surface area (Å²) < 4.78 is 26.8. The van der Waals surface area contributed by atoms with Crippen LogP contribution in [-0.2, 0) is 10.0 Å².